The van der Waals surface area contributed by atoms with Crippen molar-refractivity contribution in [2.24, 2.45) is 7.05 Å². The molecule has 0 fully saturated rings. The van der Waals surface area contributed by atoms with Gasteiger partial charge in [-0.25, -0.2) is 4.98 Å². The zero-order chi connectivity index (χ0) is 16.6. The second-order valence-electron chi connectivity index (χ2n) is 5.75. The van der Waals surface area contributed by atoms with Crippen LogP contribution >= 0.6 is 0 Å². The number of anilines is 1. The molecule has 0 saturated carbocycles. The van der Waals surface area contributed by atoms with Crippen molar-refractivity contribution >= 4 is 5.82 Å². The Bertz CT molecular complexity index is 929. The van der Waals surface area contributed by atoms with Crippen molar-refractivity contribution < 1.29 is 0 Å². The lowest BCUT2D eigenvalue weighted by atomic mass is 9.98. The Morgan fingerprint density at radius 3 is 2.52 bits per heavy atom. The zero-order valence-electron chi connectivity index (χ0n) is 13.5. The number of hydrogen-bond donors (Lipinski definition) is 1. The first kappa shape index (κ1) is 14.9. The summed E-state index contributed by atoms with van der Waals surface area (Å²) in [6, 6.07) is 14.3. The normalized spacial score (nSPS) is 10.5. The Balaban J connectivity index is 2.27. The minimum absolute atomic E-state index is 0.265. The van der Waals surface area contributed by atoms with Crippen molar-refractivity contribution in [3.63, 3.8) is 0 Å². The summed E-state index contributed by atoms with van der Waals surface area (Å²) in [5.41, 5.74) is 12.4. The molecule has 0 radical (unpaired) electrons. The number of nitrogens with two attached hydrogens (primary N) is 1. The highest BCUT2D eigenvalue weighted by Gasteiger charge is 2.15. The molecule has 0 bridgehead atoms. The van der Waals surface area contributed by atoms with E-state index in [9.17, 15) is 5.26 Å². The number of rotatable bonds is 2. The van der Waals surface area contributed by atoms with E-state index in [2.05, 4.69) is 37.0 Å². The third kappa shape index (κ3) is 2.58. The van der Waals surface area contributed by atoms with E-state index >= 15 is 0 Å². The topological polar surface area (TPSA) is 67.6 Å². The van der Waals surface area contributed by atoms with E-state index in [1.807, 2.05) is 42.1 Å². The summed E-state index contributed by atoms with van der Waals surface area (Å²) in [6.07, 6.45) is 1.95. The summed E-state index contributed by atoms with van der Waals surface area (Å²) < 4.78 is 1.97. The van der Waals surface area contributed by atoms with E-state index < -0.39 is 0 Å². The maximum atomic E-state index is 9.46. The Morgan fingerprint density at radius 2 is 1.91 bits per heavy atom. The molecule has 0 aliphatic rings. The van der Waals surface area contributed by atoms with Gasteiger partial charge in [-0.05, 0) is 37.6 Å². The molecule has 1 aromatic carbocycles. The minimum atomic E-state index is 0.265. The van der Waals surface area contributed by atoms with E-state index in [1.54, 1.807) is 0 Å². The second-order valence-corrected chi connectivity index (χ2v) is 5.75. The van der Waals surface area contributed by atoms with E-state index in [1.165, 1.54) is 5.56 Å². The molecule has 2 heterocycles. The number of nitriles is 1. The Hall–Kier alpha value is -3.06. The molecule has 0 atom stereocenters. The maximum absolute atomic E-state index is 9.46. The molecule has 0 saturated heterocycles. The van der Waals surface area contributed by atoms with Crippen molar-refractivity contribution in [3.8, 4) is 28.6 Å². The molecule has 114 valence electrons. The number of benzene rings is 1. The van der Waals surface area contributed by atoms with Gasteiger partial charge >= 0.3 is 0 Å². The summed E-state index contributed by atoms with van der Waals surface area (Å²) in [5.74, 6) is 0.265. The number of aryl methyl sites for hydroxylation is 3. The number of nitrogen functional groups attached to an aromatic ring is 1. The number of aromatic nitrogens is 2. The van der Waals surface area contributed by atoms with Gasteiger partial charge in [0.2, 0.25) is 0 Å². The molecule has 0 aliphatic heterocycles. The molecule has 4 nitrogen and oxygen atoms in total. The number of nitrogens with zero attached hydrogens (tertiary/aromatic N) is 3. The summed E-state index contributed by atoms with van der Waals surface area (Å²) >= 11 is 0. The van der Waals surface area contributed by atoms with Gasteiger partial charge in [0.15, 0.2) is 0 Å². The fraction of sp³-hybridized carbons (Fsp3) is 0.158. The van der Waals surface area contributed by atoms with Crippen molar-refractivity contribution in [2.75, 3.05) is 5.73 Å². The summed E-state index contributed by atoms with van der Waals surface area (Å²) in [4.78, 5) is 4.45. The summed E-state index contributed by atoms with van der Waals surface area (Å²) in [5, 5.41) is 9.46. The van der Waals surface area contributed by atoms with Crippen LogP contribution in [0.4, 0.5) is 5.82 Å². The maximum Gasteiger partial charge on any atom is 0.142 e. The van der Waals surface area contributed by atoms with Gasteiger partial charge in [0.05, 0.1) is 5.69 Å². The van der Waals surface area contributed by atoms with Crippen LogP contribution in [0.5, 0.6) is 0 Å². The largest absolute Gasteiger partial charge is 0.383 e. The predicted octanol–water partition coefficient (Wildman–Crippen LogP) is 3.82. The van der Waals surface area contributed by atoms with Gasteiger partial charge in [-0.2, -0.15) is 5.26 Å². The van der Waals surface area contributed by atoms with Gasteiger partial charge < -0.3 is 10.3 Å². The highest BCUT2D eigenvalue weighted by atomic mass is 14.9. The molecule has 2 aromatic heterocycles. The third-order valence-corrected chi connectivity index (χ3v) is 4.04. The van der Waals surface area contributed by atoms with Gasteiger partial charge in [-0.3, -0.25) is 0 Å². The molecular weight excluding hydrogens is 284 g/mol. The monoisotopic (exact) mass is 302 g/mol. The molecule has 4 heteroatoms. The van der Waals surface area contributed by atoms with Crippen LogP contribution in [-0.4, -0.2) is 9.55 Å². The summed E-state index contributed by atoms with van der Waals surface area (Å²) in [6.45, 7) is 4.12. The van der Waals surface area contributed by atoms with Crippen LogP contribution in [0, 0.1) is 25.2 Å². The van der Waals surface area contributed by atoms with Gasteiger partial charge in [-0.1, -0.05) is 23.8 Å². The Kier molecular flexibility index (Phi) is 3.63. The van der Waals surface area contributed by atoms with Crippen molar-refractivity contribution in [2.45, 2.75) is 13.8 Å². The summed E-state index contributed by atoms with van der Waals surface area (Å²) in [7, 11) is 1.95. The first-order valence-electron chi connectivity index (χ1n) is 7.41. The van der Waals surface area contributed by atoms with Crippen LogP contribution in [0.3, 0.4) is 0 Å². The molecule has 0 aliphatic carbocycles. The average molecular weight is 302 g/mol. The van der Waals surface area contributed by atoms with Crippen LogP contribution < -0.4 is 5.73 Å². The van der Waals surface area contributed by atoms with Crippen LogP contribution in [0.1, 0.15) is 16.7 Å². The van der Waals surface area contributed by atoms with Gasteiger partial charge in [-0.15, -0.1) is 0 Å². The smallest absolute Gasteiger partial charge is 0.142 e. The SMILES string of the molecule is Cc1ccc(-c2cc(-c3cccn3C)c(C#N)c(N)n2)c(C)c1. The molecule has 3 rings (SSSR count). The van der Waals surface area contributed by atoms with Crippen LogP contribution in [0.2, 0.25) is 0 Å². The first-order valence-corrected chi connectivity index (χ1v) is 7.41. The van der Waals surface area contributed by atoms with Gasteiger partial charge in [0.1, 0.15) is 17.5 Å². The molecule has 0 amide bonds. The number of pyridine rings is 1. The molecule has 23 heavy (non-hydrogen) atoms. The van der Waals surface area contributed by atoms with E-state index in [0.717, 1.165) is 28.1 Å². The van der Waals surface area contributed by atoms with Crippen molar-refractivity contribution in [1.82, 2.24) is 9.55 Å². The number of hydrogen-bond acceptors (Lipinski definition) is 3. The minimum Gasteiger partial charge on any atom is -0.383 e. The standard InChI is InChI=1S/C19H18N4/c1-12-6-7-14(13(2)9-12)17-10-15(16(11-20)19(21)22-17)18-5-4-8-23(18)3/h4-10H,1-3H3,(H2,21,22). The van der Waals surface area contributed by atoms with Gasteiger partial charge in [0, 0.05) is 30.1 Å². The van der Waals surface area contributed by atoms with Crippen LogP contribution in [-0.2, 0) is 7.05 Å². The van der Waals surface area contributed by atoms with Crippen LogP contribution in [0.15, 0.2) is 42.6 Å². The molecular formula is C19H18N4. The lowest BCUT2D eigenvalue weighted by Crippen LogP contribution is -2.02. The van der Waals surface area contributed by atoms with E-state index in [-0.39, 0.29) is 5.82 Å². The fourth-order valence-corrected chi connectivity index (χ4v) is 2.86. The first-order chi connectivity index (χ1) is 11.0. The third-order valence-electron chi connectivity index (χ3n) is 4.04. The molecule has 2 N–H and O–H groups in total. The lowest BCUT2D eigenvalue weighted by molar-refractivity contribution is 0.936. The molecule has 3 aromatic rings. The highest BCUT2D eigenvalue weighted by molar-refractivity contribution is 5.79. The van der Waals surface area contributed by atoms with E-state index in [0.29, 0.717) is 5.56 Å². The Morgan fingerprint density at radius 1 is 1.13 bits per heavy atom. The average Bonchev–Trinajstić information content (AvgIpc) is 2.92. The van der Waals surface area contributed by atoms with Crippen molar-refractivity contribution in [3.05, 3.63) is 59.3 Å². The fourth-order valence-electron chi connectivity index (χ4n) is 2.86. The predicted molar refractivity (Wildman–Crippen MR) is 92.7 cm³/mol. The Labute approximate surface area is 135 Å². The lowest BCUT2D eigenvalue weighted by Gasteiger charge is -2.12. The van der Waals surface area contributed by atoms with Crippen LogP contribution in [0.25, 0.3) is 22.5 Å². The van der Waals surface area contributed by atoms with E-state index in [4.69, 9.17) is 5.73 Å². The highest BCUT2D eigenvalue weighted by Crippen LogP contribution is 2.32. The quantitative estimate of drug-likeness (QED) is 0.782. The molecule has 0 spiro atoms. The second kappa shape index (κ2) is 5.62. The van der Waals surface area contributed by atoms with Gasteiger partial charge in [0.25, 0.3) is 0 Å². The van der Waals surface area contributed by atoms with Crippen molar-refractivity contribution in [1.29, 1.82) is 5.26 Å². The zero-order valence-corrected chi connectivity index (χ0v) is 13.5. The molecule has 0 unspecified atom stereocenters.